The standard InChI is InChI=1S/C24H27F2NO3/c1-29-22-9-7-16(13-23(22)30-19-4-2-3-5-19)18-12-17(24(28)27-14-18)10-15-6-8-20(25)21(26)11-15/h6-9,11,13,17-19H,2-5,10,12,14H2,1H3,(H,27,28)/t17-,18+/m0/s1. The van der Waals surface area contributed by atoms with Crippen LogP contribution < -0.4 is 14.8 Å². The maximum Gasteiger partial charge on any atom is 0.223 e. The predicted octanol–water partition coefficient (Wildman–Crippen LogP) is 4.76. The molecule has 0 aromatic heterocycles. The normalized spacial score (nSPS) is 22.0. The lowest BCUT2D eigenvalue weighted by molar-refractivity contribution is -0.126. The van der Waals surface area contributed by atoms with Crippen LogP contribution in [0.4, 0.5) is 8.78 Å². The van der Waals surface area contributed by atoms with Crippen LogP contribution in [-0.4, -0.2) is 25.7 Å². The zero-order valence-electron chi connectivity index (χ0n) is 17.1. The van der Waals surface area contributed by atoms with Gasteiger partial charge in [0.25, 0.3) is 0 Å². The van der Waals surface area contributed by atoms with Gasteiger partial charge >= 0.3 is 0 Å². The third-order valence-electron chi connectivity index (χ3n) is 6.18. The number of methoxy groups -OCH3 is 1. The topological polar surface area (TPSA) is 47.6 Å². The summed E-state index contributed by atoms with van der Waals surface area (Å²) in [5.74, 6) is -0.529. The van der Waals surface area contributed by atoms with E-state index < -0.39 is 11.6 Å². The molecule has 2 fully saturated rings. The van der Waals surface area contributed by atoms with E-state index in [1.807, 2.05) is 18.2 Å². The molecule has 2 aromatic rings. The first kappa shape index (κ1) is 20.6. The molecule has 30 heavy (non-hydrogen) atoms. The van der Waals surface area contributed by atoms with Crippen LogP contribution in [0.15, 0.2) is 36.4 Å². The monoisotopic (exact) mass is 415 g/mol. The van der Waals surface area contributed by atoms with E-state index in [-0.39, 0.29) is 23.8 Å². The third kappa shape index (κ3) is 4.58. The number of piperidine rings is 1. The van der Waals surface area contributed by atoms with Crippen molar-refractivity contribution in [3.63, 3.8) is 0 Å². The van der Waals surface area contributed by atoms with Crippen molar-refractivity contribution < 1.29 is 23.0 Å². The molecule has 1 N–H and O–H groups in total. The second-order valence-electron chi connectivity index (χ2n) is 8.26. The molecule has 0 radical (unpaired) electrons. The highest BCUT2D eigenvalue weighted by molar-refractivity contribution is 5.80. The molecular weight excluding hydrogens is 388 g/mol. The van der Waals surface area contributed by atoms with Crippen LogP contribution in [0.25, 0.3) is 0 Å². The van der Waals surface area contributed by atoms with Crippen molar-refractivity contribution in [2.45, 2.75) is 50.5 Å². The van der Waals surface area contributed by atoms with Gasteiger partial charge in [-0.1, -0.05) is 12.1 Å². The Morgan fingerprint density at radius 2 is 1.83 bits per heavy atom. The molecule has 160 valence electrons. The lowest BCUT2D eigenvalue weighted by atomic mass is 9.82. The van der Waals surface area contributed by atoms with Crippen molar-refractivity contribution in [1.82, 2.24) is 5.32 Å². The molecular formula is C24H27F2NO3. The van der Waals surface area contributed by atoms with Gasteiger partial charge in [-0.15, -0.1) is 0 Å². The summed E-state index contributed by atoms with van der Waals surface area (Å²) in [7, 11) is 1.63. The molecule has 1 saturated carbocycles. The van der Waals surface area contributed by atoms with Gasteiger partial charge in [-0.25, -0.2) is 8.78 Å². The first-order chi connectivity index (χ1) is 14.5. The number of carbonyl (C=O) groups excluding carboxylic acids is 1. The lowest BCUT2D eigenvalue weighted by Crippen LogP contribution is -2.41. The number of nitrogens with one attached hydrogen (secondary N) is 1. The Morgan fingerprint density at radius 1 is 1.03 bits per heavy atom. The Morgan fingerprint density at radius 3 is 2.57 bits per heavy atom. The minimum Gasteiger partial charge on any atom is -0.493 e. The average molecular weight is 415 g/mol. The molecule has 0 spiro atoms. The van der Waals surface area contributed by atoms with Gasteiger partial charge in [0.1, 0.15) is 0 Å². The van der Waals surface area contributed by atoms with Crippen LogP contribution >= 0.6 is 0 Å². The third-order valence-corrected chi connectivity index (χ3v) is 6.18. The van der Waals surface area contributed by atoms with Gasteiger partial charge in [-0.05, 0) is 73.9 Å². The van der Waals surface area contributed by atoms with E-state index in [4.69, 9.17) is 9.47 Å². The van der Waals surface area contributed by atoms with E-state index in [9.17, 15) is 13.6 Å². The second kappa shape index (κ2) is 9.02. The summed E-state index contributed by atoms with van der Waals surface area (Å²) in [5, 5.41) is 2.97. The fraction of sp³-hybridized carbons (Fsp3) is 0.458. The van der Waals surface area contributed by atoms with Crippen LogP contribution in [0.5, 0.6) is 11.5 Å². The highest BCUT2D eigenvalue weighted by atomic mass is 19.2. The van der Waals surface area contributed by atoms with Gasteiger partial charge in [0, 0.05) is 18.4 Å². The van der Waals surface area contributed by atoms with E-state index in [1.54, 1.807) is 7.11 Å². The second-order valence-corrected chi connectivity index (χ2v) is 8.26. The molecule has 1 heterocycles. The van der Waals surface area contributed by atoms with Crippen molar-refractivity contribution in [3.8, 4) is 11.5 Å². The quantitative estimate of drug-likeness (QED) is 0.740. The molecule has 2 aromatic carbocycles. The molecule has 2 atom stereocenters. The summed E-state index contributed by atoms with van der Waals surface area (Å²) >= 11 is 0. The predicted molar refractivity (Wildman–Crippen MR) is 110 cm³/mol. The number of hydrogen-bond acceptors (Lipinski definition) is 3. The molecule has 1 aliphatic heterocycles. The molecule has 1 amide bonds. The Hall–Kier alpha value is -2.63. The van der Waals surface area contributed by atoms with Crippen LogP contribution in [0.1, 0.15) is 49.1 Å². The van der Waals surface area contributed by atoms with Crippen molar-refractivity contribution in [2.24, 2.45) is 5.92 Å². The van der Waals surface area contributed by atoms with E-state index in [2.05, 4.69) is 5.32 Å². The summed E-state index contributed by atoms with van der Waals surface area (Å²) in [4.78, 5) is 12.4. The largest absolute Gasteiger partial charge is 0.493 e. The Labute approximate surface area is 175 Å². The number of carbonyl (C=O) groups is 1. The van der Waals surface area contributed by atoms with Gasteiger partial charge in [-0.3, -0.25) is 4.79 Å². The van der Waals surface area contributed by atoms with Gasteiger partial charge in [0.2, 0.25) is 5.91 Å². The number of amides is 1. The van der Waals surface area contributed by atoms with Gasteiger partial charge in [0.05, 0.1) is 13.2 Å². The minimum atomic E-state index is -0.885. The fourth-order valence-corrected chi connectivity index (χ4v) is 4.51. The van der Waals surface area contributed by atoms with Crippen molar-refractivity contribution >= 4 is 5.91 Å². The molecule has 1 aliphatic carbocycles. The summed E-state index contributed by atoms with van der Waals surface area (Å²) < 4.78 is 38.4. The Balaban J connectivity index is 1.50. The van der Waals surface area contributed by atoms with Crippen LogP contribution in [0, 0.1) is 17.6 Å². The van der Waals surface area contributed by atoms with Crippen molar-refractivity contribution in [3.05, 3.63) is 59.2 Å². The number of rotatable bonds is 6. The molecule has 4 rings (SSSR count). The number of halogens is 2. The summed E-state index contributed by atoms with van der Waals surface area (Å²) in [6.07, 6.45) is 5.73. The zero-order valence-corrected chi connectivity index (χ0v) is 17.1. The first-order valence-electron chi connectivity index (χ1n) is 10.6. The lowest BCUT2D eigenvalue weighted by Gasteiger charge is -2.30. The molecule has 1 saturated heterocycles. The van der Waals surface area contributed by atoms with Crippen LogP contribution in [0.3, 0.4) is 0 Å². The highest BCUT2D eigenvalue weighted by Crippen LogP contribution is 2.37. The van der Waals surface area contributed by atoms with Crippen LogP contribution in [0.2, 0.25) is 0 Å². The first-order valence-corrected chi connectivity index (χ1v) is 10.6. The van der Waals surface area contributed by atoms with E-state index in [0.29, 0.717) is 30.7 Å². The Kier molecular flexibility index (Phi) is 6.21. The summed E-state index contributed by atoms with van der Waals surface area (Å²) in [6.45, 7) is 0.544. The highest BCUT2D eigenvalue weighted by Gasteiger charge is 2.30. The molecule has 6 heteroatoms. The van der Waals surface area contributed by atoms with Crippen molar-refractivity contribution in [2.75, 3.05) is 13.7 Å². The van der Waals surface area contributed by atoms with Gasteiger partial charge in [0.15, 0.2) is 23.1 Å². The van der Waals surface area contributed by atoms with Gasteiger partial charge < -0.3 is 14.8 Å². The smallest absolute Gasteiger partial charge is 0.223 e. The molecule has 2 aliphatic rings. The SMILES string of the molecule is COc1ccc([C@H]2CNC(=O)[C@@H](Cc3ccc(F)c(F)c3)C2)cc1OC1CCCC1. The zero-order chi connectivity index (χ0) is 21.1. The fourth-order valence-electron chi connectivity index (χ4n) is 4.51. The number of hydrogen-bond donors (Lipinski definition) is 1. The minimum absolute atomic E-state index is 0.0491. The maximum atomic E-state index is 13.6. The number of ether oxygens (including phenoxy) is 2. The van der Waals surface area contributed by atoms with E-state index in [0.717, 1.165) is 30.2 Å². The summed E-state index contributed by atoms with van der Waals surface area (Å²) in [5.41, 5.74) is 1.70. The van der Waals surface area contributed by atoms with E-state index in [1.165, 1.54) is 25.0 Å². The van der Waals surface area contributed by atoms with E-state index >= 15 is 0 Å². The van der Waals surface area contributed by atoms with Crippen molar-refractivity contribution in [1.29, 1.82) is 0 Å². The van der Waals surface area contributed by atoms with Gasteiger partial charge in [-0.2, -0.15) is 0 Å². The Bertz CT molecular complexity index is 911. The summed E-state index contributed by atoms with van der Waals surface area (Å²) in [6, 6.07) is 9.77. The van der Waals surface area contributed by atoms with Crippen LogP contribution in [-0.2, 0) is 11.2 Å². The number of benzene rings is 2. The molecule has 0 unspecified atom stereocenters. The molecule has 4 nitrogen and oxygen atoms in total. The maximum absolute atomic E-state index is 13.6. The average Bonchev–Trinajstić information content (AvgIpc) is 3.25. The molecule has 0 bridgehead atoms.